The number of nitrogens with one attached hydrogen (secondary N) is 1. The topological polar surface area (TPSA) is 12.0 Å². The molecule has 1 aromatic carbocycles. The molecule has 2 unspecified atom stereocenters. The van der Waals surface area contributed by atoms with Gasteiger partial charge in [-0.05, 0) is 48.6 Å². The summed E-state index contributed by atoms with van der Waals surface area (Å²) >= 11 is 8.07. The standard InChI is InChI=1S/C12H16ClNS/c1-14-12(10-5-6-15-8-10)9-3-2-4-11(13)7-9/h2-4,7,10,12,14H,5-6,8H2,1H3. The molecule has 0 radical (unpaired) electrons. The Hall–Kier alpha value is -0.180. The predicted octanol–water partition coefficient (Wildman–Crippen LogP) is 3.35. The van der Waals surface area contributed by atoms with Gasteiger partial charge in [0.05, 0.1) is 0 Å². The van der Waals surface area contributed by atoms with Crippen LogP contribution in [0.4, 0.5) is 0 Å². The molecule has 1 aliphatic rings. The molecule has 3 heteroatoms. The number of halogens is 1. The summed E-state index contributed by atoms with van der Waals surface area (Å²) in [6, 6.07) is 8.66. The smallest absolute Gasteiger partial charge is 0.0409 e. The van der Waals surface area contributed by atoms with E-state index in [-0.39, 0.29) is 0 Å². The fraction of sp³-hybridized carbons (Fsp3) is 0.500. The number of thioether (sulfide) groups is 1. The van der Waals surface area contributed by atoms with Crippen molar-refractivity contribution in [3.63, 3.8) is 0 Å². The first-order valence-corrected chi connectivity index (χ1v) is 6.85. The van der Waals surface area contributed by atoms with Crippen LogP contribution < -0.4 is 5.32 Å². The Labute approximate surface area is 101 Å². The van der Waals surface area contributed by atoms with E-state index in [2.05, 4.69) is 29.2 Å². The fourth-order valence-corrected chi connectivity index (χ4v) is 3.69. The summed E-state index contributed by atoms with van der Waals surface area (Å²) in [4.78, 5) is 0. The molecule has 1 aromatic rings. The third-order valence-corrected chi connectivity index (χ3v) is 4.38. The minimum absolute atomic E-state index is 0.457. The molecule has 82 valence electrons. The van der Waals surface area contributed by atoms with Crippen molar-refractivity contribution >= 4 is 23.4 Å². The molecule has 1 fully saturated rings. The second-order valence-electron chi connectivity index (χ2n) is 3.95. The summed E-state index contributed by atoms with van der Waals surface area (Å²) in [6.07, 6.45) is 1.31. The van der Waals surface area contributed by atoms with Crippen molar-refractivity contribution in [3.05, 3.63) is 34.9 Å². The minimum atomic E-state index is 0.457. The van der Waals surface area contributed by atoms with Gasteiger partial charge in [-0.25, -0.2) is 0 Å². The number of hydrogen-bond donors (Lipinski definition) is 1. The lowest BCUT2D eigenvalue weighted by Gasteiger charge is -2.23. The van der Waals surface area contributed by atoms with E-state index in [1.807, 2.05) is 19.2 Å². The lowest BCUT2D eigenvalue weighted by Crippen LogP contribution is -2.25. The van der Waals surface area contributed by atoms with Gasteiger partial charge in [0.25, 0.3) is 0 Å². The van der Waals surface area contributed by atoms with Crippen molar-refractivity contribution in [2.75, 3.05) is 18.6 Å². The predicted molar refractivity (Wildman–Crippen MR) is 68.7 cm³/mol. The first-order valence-electron chi connectivity index (χ1n) is 5.31. The van der Waals surface area contributed by atoms with Crippen molar-refractivity contribution in [2.45, 2.75) is 12.5 Å². The monoisotopic (exact) mass is 241 g/mol. The lowest BCUT2D eigenvalue weighted by atomic mass is 9.93. The molecular weight excluding hydrogens is 226 g/mol. The van der Waals surface area contributed by atoms with Gasteiger partial charge in [0.15, 0.2) is 0 Å². The zero-order valence-electron chi connectivity index (χ0n) is 8.87. The van der Waals surface area contributed by atoms with E-state index in [0.717, 1.165) is 10.9 Å². The van der Waals surface area contributed by atoms with E-state index in [4.69, 9.17) is 11.6 Å². The van der Waals surface area contributed by atoms with Crippen molar-refractivity contribution in [1.82, 2.24) is 5.32 Å². The highest BCUT2D eigenvalue weighted by Gasteiger charge is 2.25. The van der Waals surface area contributed by atoms with Crippen molar-refractivity contribution in [1.29, 1.82) is 0 Å². The Kier molecular flexibility index (Phi) is 3.95. The summed E-state index contributed by atoms with van der Waals surface area (Å²) in [5, 5.41) is 4.25. The summed E-state index contributed by atoms with van der Waals surface area (Å²) in [5.41, 5.74) is 1.32. The van der Waals surface area contributed by atoms with Gasteiger partial charge in [-0.2, -0.15) is 11.8 Å². The molecule has 0 saturated carbocycles. The second kappa shape index (κ2) is 5.24. The highest BCUT2D eigenvalue weighted by molar-refractivity contribution is 7.99. The van der Waals surface area contributed by atoms with Gasteiger partial charge < -0.3 is 5.32 Å². The maximum atomic E-state index is 6.02. The van der Waals surface area contributed by atoms with E-state index in [1.165, 1.54) is 23.5 Å². The maximum Gasteiger partial charge on any atom is 0.0409 e. The van der Waals surface area contributed by atoms with Gasteiger partial charge in [0, 0.05) is 11.1 Å². The van der Waals surface area contributed by atoms with Crippen LogP contribution >= 0.6 is 23.4 Å². The summed E-state index contributed by atoms with van der Waals surface area (Å²) in [7, 11) is 2.04. The molecule has 1 heterocycles. The van der Waals surface area contributed by atoms with E-state index in [9.17, 15) is 0 Å². The molecule has 1 nitrogen and oxygen atoms in total. The Morgan fingerprint density at radius 3 is 3.00 bits per heavy atom. The second-order valence-corrected chi connectivity index (χ2v) is 5.53. The first kappa shape index (κ1) is 11.3. The van der Waals surface area contributed by atoms with Crippen molar-refractivity contribution in [3.8, 4) is 0 Å². The first-order chi connectivity index (χ1) is 7.31. The highest BCUT2D eigenvalue weighted by atomic mass is 35.5. The molecule has 1 saturated heterocycles. The van der Waals surface area contributed by atoms with Gasteiger partial charge in [0.1, 0.15) is 0 Å². The molecule has 2 rings (SSSR count). The Morgan fingerprint density at radius 2 is 2.40 bits per heavy atom. The molecule has 0 amide bonds. The summed E-state index contributed by atoms with van der Waals surface area (Å²) in [5.74, 6) is 3.31. The van der Waals surface area contributed by atoms with Gasteiger partial charge in [-0.1, -0.05) is 23.7 Å². The average Bonchev–Trinajstić information content (AvgIpc) is 2.72. The van der Waals surface area contributed by atoms with Gasteiger partial charge in [-0.15, -0.1) is 0 Å². The van der Waals surface area contributed by atoms with Crippen LogP contribution in [0.3, 0.4) is 0 Å². The average molecular weight is 242 g/mol. The van der Waals surface area contributed by atoms with Gasteiger partial charge in [-0.3, -0.25) is 0 Å². The van der Waals surface area contributed by atoms with Crippen LogP contribution in [0.2, 0.25) is 5.02 Å². The SMILES string of the molecule is CNC(c1cccc(Cl)c1)C1CCSC1. The lowest BCUT2D eigenvalue weighted by molar-refractivity contribution is 0.420. The van der Waals surface area contributed by atoms with Crippen LogP contribution in [-0.4, -0.2) is 18.6 Å². The van der Waals surface area contributed by atoms with Crippen LogP contribution in [0.1, 0.15) is 18.0 Å². The minimum Gasteiger partial charge on any atom is -0.313 e. The Balaban J connectivity index is 2.18. The van der Waals surface area contributed by atoms with Crippen LogP contribution in [-0.2, 0) is 0 Å². The van der Waals surface area contributed by atoms with E-state index in [1.54, 1.807) is 0 Å². The zero-order chi connectivity index (χ0) is 10.7. The zero-order valence-corrected chi connectivity index (χ0v) is 10.4. The van der Waals surface area contributed by atoms with E-state index >= 15 is 0 Å². The molecule has 0 spiro atoms. The molecule has 1 aliphatic heterocycles. The van der Waals surface area contributed by atoms with Crippen LogP contribution in [0.25, 0.3) is 0 Å². The molecule has 0 aliphatic carbocycles. The molecule has 1 N–H and O–H groups in total. The fourth-order valence-electron chi connectivity index (χ4n) is 2.19. The van der Waals surface area contributed by atoms with Crippen LogP contribution in [0, 0.1) is 5.92 Å². The largest absolute Gasteiger partial charge is 0.313 e. The molecule has 0 bridgehead atoms. The summed E-state index contributed by atoms with van der Waals surface area (Å²) < 4.78 is 0. The number of hydrogen-bond acceptors (Lipinski definition) is 2. The molecular formula is C12H16ClNS. The Morgan fingerprint density at radius 1 is 1.53 bits per heavy atom. The normalized spacial score (nSPS) is 22.9. The van der Waals surface area contributed by atoms with Gasteiger partial charge >= 0.3 is 0 Å². The van der Waals surface area contributed by atoms with Crippen molar-refractivity contribution in [2.24, 2.45) is 5.92 Å². The van der Waals surface area contributed by atoms with E-state index in [0.29, 0.717) is 6.04 Å². The quantitative estimate of drug-likeness (QED) is 0.871. The number of benzene rings is 1. The third kappa shape index (κ3) is 2.68. The molecule has 15 heavy (non-hydrogen) atoms. The van der Waals surface area contributed by atoms with Gasteiger partial charge in [0.2, 0.25) is 0 Å². The third-order valence-electron chi connectivity index (χ3n) is 2.96. The van der Waals surface area contributed by atoms with Crippen LogP contribution in [0.5, 0.6) is 0 Å². The van der Waals surface area contributed by atoms with E-state index < -0.39 is 0 Å². The highest BCUT2D eigenvalue weighted by Crippen LogP contribution is 2.34. The number of rotatable bonds is 3. The molecule has 2 atom stereocenters. The van der Waals surface area contributed by atoms with Crippen LogP contribution in [0.15, 0.2) is 24.3 Å². The Bertz CT molecular complexity index is 323. The summed E-state index contributed by atoms with van der Waals surface area (Å²) in [6.45, 7) is 0. The maximum absolute atomic E-state index is 6.02. The van der Waals surface area contributed by atoms with Crippen molar-refractivity contribution < 1.29 is 0 Å². The molecule has 0 aromatic heterocycles.